The quantitative estimate of drug-likeness (QED) is 0.816. The molecule has 2 nitrogen and oxygen atoms in total. The molecule has 2 atom stereocenters. The Hall–Kier alpha value is -0.0800. The highest BCUT2D eigenvalue weighted by Gasteiger charge is 2.27. The molecule has 0 aromatic carbocycles. The van der Waals surface area contributed by atoms with Crippen molar-refractivity contribution in [3.05, 3.63) is 0 Å². The second-order valence-electron chi connectivity index (χ2n) is 7.71. The van der Waals surface area contributed by atoms with Crippen molar-refractivity contribution in [1.29, 1.82) is 0 Å². The molecule has 0 amide bonds. The summed E-state index contributed by atoms with van der Waals surface area (Å²) in [6, 6.07) is 0.605. The number of nitrogens with one attached hydrogen (secondary N) is 1. The Balaban J connectivity index is 2.51. The molecule has 1 N–H and O–H groups in total. The van der Waals surface area contributed by atoms with E-state index in [2.05, 4.69) is 51.8 Å². The van der Waals surface area contributed by atoms with Gasteiger partial charge in [0.25, 0.3) is 0 Å². The molecule has 1 aliphatic rings. The predicted molar refractivity (Wildman–Crippen MR) is 85.5 cm³/mol. The fourth-order valence-electron chi connectivity index (χ4n) is 3.18. The minimum atomic E-state index is 0.347. The van der Waals surface area contributed by atoms with Gasteiger partial charge in [0.2, 0.25) is 0 Å². The van der Waals surface area contributed by atoms with Gasteiger partial charge in [0, 0.05) is 12.6 Å². The summed E-state index contributed by atoms with van der Waals surface area (Å²) in [5, 5.41) is 3.68. The summed E-state index contributed by atoms with van der Waals surface area (Å²) in [6.45, 7) is 18.9. The third-order valence-electron chi connectivity index (χ3n) is 4.74. The molecule has 19 heavy (non-hydrogen) atoms. The van der Waals surface area contributed by atoms with Crippen molar-refractivity contribution in [3.8, 4) is 0 Å². The topological polar surface area (TPSA) is 15.3 Å². The summed E-state index contributed by atoms with van der Waals surface area (Å²) in [7, 11) is 0. The summed E-state index contributed by atoms with van der Waals surface area (Å²) in [6.07, 6.45) is 4.20. The van der Waals surface area contributed by atoms with Crippen LogP contribution in [-0.4, -0.2) is 37.1 Å². The van der Waals surface area contributed by atoms with Crippen LogP contribution in [0.15, 0.2) is 0 Å². The Morgan fingerprint density at radius 2 is 1.84 bits per heavy atom. The van der Waals surface area contributed by atoms with Gasteiger partial charge in [0.1, 0.15) is 0 Å². The van der Waals surface area contributed by atoms with Crippen LogP contribution in [0.2, 0.25) is 0 Å². The van der Waals surface area contributed by atoms with Crippen LogP contribution in [-0.2, 0) is 0 Å². The second-order valence-corrected chi connectivity index (χ2v) is 7.71. The molecule has 1 aliphatic heterocycles. The molecule has 1 heterocycles. The van der Waals surface area contributed by atoms with E-state index in [4.69, 9.17) is 0 Å². The fraction of sp³-hybridized carbons (Fsp3) is 1.00. The number of hydrogen-bond acceptors (Lipinski definition) is 2. The van der Waals surface area contributed by atoms with E-state index in [1.165, 1.54) is 38.9 Å². The Morgan fingerprint density at radius 3 is 2.37 bits per heavy atom. The van der Waals surface area contributed by atoms with Gasteiger partial charge in [-0.15, -0.1) is 0 Å². The first kappa shape index (κ1) is 17.0. The third-order valence-corrected chi connectivity index (χ3v) is 4.74. The molecule has 1 rings (SSSR count). The monoisotopic (exact) mass is 268 g/mol. The number of likely N-dealkylation sites (N-methyl/N-ethyl adjacent to an activating group) is 1. The zero-order chi connectivity index (χ0) is 14.5. The molecule has 0 spiro atoms. The molecule has 114 valence electrons. The van der Waals surface area contributed by atoms with Crippen molar-refractivity contribution in [3.63, 3.8) is 0 Å². The highest BCUT2D eigenvalue weighted by molar-refractivity contribution is 4.84. The normalized spacial score (nSPS) is 24.5. The molecule has 0 bridgehead atoms. The van der Waals surface area contributed by atoms with Crippen molar-refractivity contribution in [2.45, 2.75) is 66.8 Å². The van der Waals surface area contributed by atoms with Crippen molar-refractivity contribution < 1.29 is 0 Å². The van der Waals surface area contributed by atoms with Gasteiger partial charge in [0.15, 0.2) is 0 Å². The van der Waals surface area contributed by atoms with Crippen LogP contribution in [0.25, 0.3) is 0 Å². The lowest BCUT2D eigenvalue weighted by Crippen LogP contribution is -2.48. The lowest BCUT2D eigenvalue weighted by atomic mass is 9.86. The molecule has 0 saturated carbocycles. The zero-order valence-electron chi connectivity index (χ0n) is 14.1. The van der Waals surface area contributed by atoms with Crippen LogP contribution in [0.3, 0.4) is 0 Å². The van der Waals surface area contributed by atoms with Gasteiger partial charge >= 0.3 is 0 Å². The Labute approximate surface area is 121 Å². The summed E-state index contributed by atoms with van der Waals surface area (Å²) >= 11 is 0. The lowest BCUT2D eigenvalue weighted by Gasteiger charge is -2.35. The minimum Gasteiger partial charge on any atom is -0.312 e. The molecule has 1 fully saturated rings. The molecule has 1 saturated heterocycles. The van der Waals surface area contributed by atoms with Gasteiger partial charge < -0.3 is 10.2 Å². The highest BCUT2D eigenvalue weighted by atomic mass is 15.2. The molecular formula is C17H36N2. The van der Waals surface area contributed by atoms with E-state index in [-0.39, 0.29) is 0 Å². The van der Waals surface area contributed by atoms with E-state index in [1.807, 2.05) is 0 Å². The zero-order valence-corrected chi connectivity index (χ0v) is 14.1. The molecule has 0 aliphatic carbocycles. The lowest BCUT2D eigenvalue weighted by molar-refractivity contribution is 0.175. The average Bonchev–Trinajstić information content (AvgIpc) is 2.52. The smallest absolute Gasteiger partial charge is 0.0243 e. The third kappa shape index (κ3) is 5.83. The highest BCUT2D eigenvalue weighted by Crippen LogP contribution is 2.26. The maximum absolute atomic E-state index is 3.68. The SMILES string of the molecule is CCNC(CN1CCCC(C(C)C)CC1)C(C)(C)C. The van der Waals surface area contributed by atoms with E-state index in [0.717, 1.165) is 18.4 Å². The summed E-state index contributed by atoms with van der Waals surface area (Å²) in [4.78, 5) is 2.70. The molecule has 2 unspecified atom stereocenters. The van der Waals surface area contributed by atoms with E-state index in [0.29, 0.717) is 11.5 Å². The minimum absolute atomic E-state index is 0.347. The first-order valence-electron chi connectivity index (χ1n) is 8.30. The van der Waals surface area contributed by atoms with Crippen molar-refractivity contribution >= 4 is 0 Å². The van der Waals surface area contributed by atoms with Gasteiger partial charge in [-0.05, 0) is 56.1 Å². The van der Waals surface area contributed by atoms with Gasteiger partial charge in [-0.3, -0.25) is 0 Å². The Bertz CT molecular complexity index is 242. The fourth-order valence-corrected chi connectivity index (χ4v) is 3.18. The van der Waals surface area contributed by atoms with E-state index >= 15 is 0 Å². The van der Waals surface area contributed by atoms with Crippen molar-refractivity contribution in [2.75, 3.05) is 26.2 Å². The van der Waals surface area contributed by atoms with Gasteiger partial charge in [-0.1, -0.05) is 41.5 Å². The Kier molecular flexibility index (Phi) is 6.82. The Morgan fingerprint density at radius 1 is 1.16 bits per heavy atom. The summed E-state index contributed by atoms with van der Waals surface area (Å²) in [5.41, 5.74) is 0.347. The van der Waals surface area contributed by atoms with Gasteiger partial charge in [-0.25, -0.2) is 0 Å². The largest absolute Gasteiger partial charge is 0.312 e. The van der Waals surface area contributed by atoms with Gasteiger partial charge in [0.05, 0.1) is 0 Å². The first-order valence-corrected chi connectivity index (χ1v) is 8.30. The van der Waals surface area contributed by atoms with Crippen LogP contribution in [0.1, 0.15) is 60.8 Å². The van der Waals surface area contributed by atoms with Crippen LogP contribution in [0.5, 0.6) is 0 Å². The maximum Gasteiger partial charge on any atom is 0.0243 e. The summed E-state index contributed by atoms with van der Waals surface area (Å²) in [5.74, 6) is 1.80. The molecular weight excluding hydrogens is 232 g/mol. The first-order chi connectivity index (χ1) is 8.84. The van der Waals surface area contributed by atoms with E-state index in [9.17, 15) is 0 Å². The number of nitrogens with zero attached hydrogens (tertiary/aromatic N) is 1. The van der Waals surface area contributed by atoms with Crippen LogP contribution < -0.4 is 5.32 Å². The predicted octanol–water partition coefficient (Wildman–Crippen LogP) is 3.77. The van der Waals surface area contributed by atoms with Crippen LogP contribution in [0.4, 0.5) is 0 Å². The molecule has 0 aromatic rings. The molecule has 2 heteroatoms. The standard InChI is InChI=1S/C17H36N2/c1-7-18-16(17(4,5)6)13-19-11-8-9-15(10-12-19)14(2)3/h14-16,18H,7-13H2,1-6H3. The van der Waals surface area contributed by atoms with Crippen molar-refractivity contribution in [2.24, 2.45) is 17.3 Å². The number of likely N-dealkylation sites (tertiary alicyclic amines) is 1. The number of hydrogen-bond donors (Lipinski definition) is 1. The van der Waals surface area contributed by atoms with Gasteiger partial charge in [-0.2, -0.15) is 0 Å². The second kappa shape index (κ2) is 7.64. The summed E-state index contributed by atoms with van der Waals surface area (Å²) < 4.78 is 0. The molecule has 0 aromatic heterocycles. The number of rotatable bonds is 5. The van der Waals surface area contributed by atoms with E-state index in [1.54, 1.807) is 0 Å². The van der Waals surface area contributed by atoms with E-state index < -0.39 is 0 Å². The average molecular weight is 268 g/mol. The van der Waals surface area contributed by atoms with Crippen LogP contribution >= 0.6 is 0 Å². The van der Waals surface area contributed by atoms with Crippen LogP contribution in [0, 0.1) is 17.3 Å². The maximum atomic E-state index is 3.68. The van der Waals surface area contributed by atoms with Crippen molar-refractivity contribution in [1.82, 2.24) is 10.2 Å². The molecule has 0 radical (unpaired) electrons.